The summed E-state index contributed by atoms with van der Waals surface area (Å²) in [6.07, 6.45) is 3.58. The highest BCUT2D eigenvalue weighted by atomic mass is 32.2. The van der Waals surface area contributed by atoms with Crippen molar-refractivity contribution < 1.29 is 8.42 Å². The van der Waals surface area contributed by atoms with Gasteiger partial charge < -0.3 is 4.90 Å². The topological polar surface area (TPSA) is 37.4 Å². The fraction of sp³-hybridized carbons (Fsp3) is 0.571. The Morgan fingerprint density at radius 3 is 2.83 bits per heavy atom. The van der Waals surface area contributed by atoms with E-state index in [1.54, 1.807) is 6.07 Å². The summed E-state index contributed by atoms with van der Waals surface area (Å²) in [6, 6.07) is 7.43. The molecule has 2 rings (SSSR count). The molecule has 18 heavy (non-hydrogen) atoms. The van der Waals surface area contributed by atoms with Gasteiger partial charge in [0.25, 0.3) is 0 Å². The minimum absolute atomic E-state index is 0.439. The maximum Gasteiger partial charge on any atom is 0.175 e. The summed E-state index contributed by atoms with van der Waals surface area (Å²) in [7, 11) is -3.09. The highest BCUT2D eigenvalue weighted by Gasteiger charge is 2.23. The molecule has 0 N–H and O–H groups in total. The van der Waals surface area contributed by atoms with Gasteiger partial charge in [-0.2, -0.15) is 0 Å². The van der Waals surface area contributed by atoms with Gasteiger partial charge >= 0.3 is 0 Å². The van der Waals surface area contributed by atoms with Gasteiger partial charge in [-0.15, -0.1) is 0 Å². The van der Waals surface area contributed by atoms with Crippen molar-refractivity contribution in [3.63, 3.8) is 0 Å². The van der Waals surface area contributed by atoms with Gasteiger partial charge in [0.15, 0.2) is 9.84 Å². The van der Waals surface area contributed by atoms with E-state index in [1.807, 2.05) is 12.1 Å². The lowest BCUT2D eigenvalue weighted by atomic mass is 9.99. The average molecular weight is 267 g/mol. The molecule has 1 aromatic rings. The van der Waals surface area contributed by atoms with Crippen molar-refractivity contribution in [2.45, 2.75) is 30.6 Å². The zero-order chi connectivity index (χ0) is 13.2. The van der Waals surface area contributed by atoms with Crippen LogP contribution in [0.5, 0.6) is 0 Å². The fourth-order valence-corrected chi connectivity index (χ4v) is 3.30. The molecule has 3 nitrogen and oxygen atoms in total. The first-order chi connectivity index (χ1) is 8.50. The van der Waals surface area contributed by atoms with E-state index < -0.39 is 9.84 Å². The van der Waals surface area contributed by atoms with Gasteiger partial charge in [0, 0.05) is 12.8 Å². The van der Waals surface area contributed by atoms with Gasteiger partial charge in [0.05, 0.1) is 4.90 Å². The predicted octanol–water partition coefficient (Wildman–Crippen LogP) is 2.29. The number of hydrogen-bond acceptors (Lipinski definition) is 3. The standard InChI is InChI=1S/C14H21NO2S/c1-3-8-15-9-7-13(11-15)12-5-4-6-14(10-12)18(2,16)17/h4-6,10,13H,3,7-9,11H2,1-2H3. The van der Waals surface area contributed by atoms with E-state index in [9.17, 15) is 8.42 Å². The Bertz CT molecular complexity index is 510. The number of sulfone groups is 1. The van der Waals surface area contributed by atoms with Crippen molar-refractivity contribution in [1.29, 1.82) is 0 Å². The molecular formula is C14H21NO2S. The number of benzene rings is 1. The van der Waals surface area contributed by atoms with E-state index in [-0.39, 0.29) is 0 Å². The van der Waals surface area contributed by atoms with Gasteiger partial charge in [0.2, 0.25) is 0 Å². The fourth-order valence-electron chi connectivity index (χ4n) is 2.62. The number of nitrogens with zero attached hydrogens (tertiary/aromatic N) is 1. The summed E-state index contributed by atoms with van der Waals surface area (Å²) < 4.78 is 23.1. The lowest BCUT2D eigenvalue weighted by Gasteiger charge is -2.15. The van der Waals surface area contributed by atoms with E-state index >= 15 is 0 Å². The molecule has 1 fully saturated rings. The zero-order valence-corrected chi connectivity index (χ0v) is 11.9. The molecule has 0 spiro atoms. The first-order valence-electron chi connectivity index (χ1n) is 6.53. The summed E-state index contributed by atoms with van der Waals surface area (Å²) in [5.74, 6) is 0.484. The zero-order valence-electron chi connectivity index (χ0n) is 11.1. The minimum Gasteiger partial charge on any atom is -0.303 e. The van der Waals surface area contributed by atoms with E-state index in [1.165, 1.54) is 12.7 Å². The summed E-state index contributed by atoms with van der Waals surface area (Å²) in [5, 5.41) is 0. The van der Waals surface area contributed by atoms with Crippen LogP contribution in [0.4, 0.5) is 0 Å². The molecule has 1 unspecified atom stereocenters. The second kappa shape index (κ2) is 5.41. The summed E-state index contributed by atoms with van der Waals surface area (Å²) in [5.41, 5.74) is 1.16. The number of rotatable bonds is 4. The number of hydrogen-bond donors (Lipinski definition) is 0. The van der Waals surface area contributed by atoms with Crippen molar-refractivity contribution in [3.8, 4) is 0 Å². The maximum atomic E-state index is 11.6. The molecule has 0 bridgehead atoms. The summed E-state index contributed by atoms with van der Waals surface area (Å²) in [4.78, 5) is 2.89. The number of likely N-dealkylation sites (tertiary alicyclic amines) is 1. The largest absolute Gasteiger partial charge is 0.303 e. The molecular weight excluding hydrogens is 246 g/mol. The van der Waals surface area contributed by atoms with Gasteiger partial charge in [-0.3, -0.25) is 0 Å². The van der Waals surface area contributed by atoms with Crippen LogP contribution in [0.3, 0.4) is 0 Å². The van der Waals surface area contributed by atoms with Crippen LogP contribution >= 0.6 is 0 Å². The van der Waals surface area contributed by atoms with Crippen molar-refractivity contribution >= 4 is 9.84 Å². The molecule has 0 amide bonds. The van der Waals surface area contributed by atoms with Crippen LogP contribution in [-0.2, 0) is 9.84 Å². The lowest BCUT2D eigenvalue weighted by Crippen LogP contribution is -2.20. The van der Waals surface area contributed by atoms with Crippen LogP contribution in [0.15, 0.2) is 29.2 Å². The molecule has 1 saturated heterocycles. The van der Waals surface area contributed by atoms with Crippen LogP contribution < -0.4 is 0 Å². The first kappa shape index (κ1) is 13.6. The first-order valence-corrected chi connectivity index (χ1v) is 8.42. The van der Waals surface area contributed by atoms with Crippen LogP contribution in [0.1, 0.15) is 31.2 Å². The Balaban J connectivity index is 2.15. The van der Waals surface area contributed by atoms with Crippen molar-refractivity contribution in [1.82, 2.24) is 4.90 Å². The molecule has 0 saturated carbocycles. The van der Waals surface area contributed by atoms with Crippen molar-refractivity contribution in [2.75, 3.05) is 25.9 Å². The molecule has 0 aromatic heterocycles. The van der Waals surface area contributed by atoms with Crippen molar-refractivity contribution in [3.05, 3.63) is 29.8 Å². The third-order valence-electron chi connectivity index (χ3n) is 3.57. The molecule has 4 heteroatoms. The third-order valence-corrected chi connectivity index (χ3v) is 4.68. The SMILES string of the molecule is CCCN1CCC(c2cccc(S(C)(=O)=O)c2)C1. The quantitative estimate of drug-likeness (QED) is 0.840. The lowest BCUT2D eigenvalue weighted by molar-refractivity contribution is 0.335. The molecule has 1 aromatic carbocycles. The van der Waals surface area contributed by atoms with Crippen LogP contribution in [0.2, 0.25) is 0 Å². The molecule has 0 radical (unpaired) electrons. The highest BCUT2D eigenvalue weighted by Crippen LogP contribution is 2.28. The van der Waals surface area contributed by atoms with Gasteiger partial charge in [-0.25, -0.2) is 8.42 Å². The minimum atomic E-state index is -3.09. The van der Waals surface area contributed by atoms with Crippen LogP contribution in [-0.4, -0.2) is 39.2 Å². The maximum absolute atomic E-state index is 11.6. The Morgan fingerprint density at radius 2 is 2.17 bits per heavy atom. The van der Waals surface area contributed by atoms with E-state index in [0.29, 0.717) is 10.8 Å². The predicted molar refractivity (Wildman–Crippen MR) is 73.6 cm³/mol. The van der Waals surface area contributed by atoms with Gasteiger partial charge in [-0.1, -0.05) is 19.1 Å². The third kappa shape index (κ3) is 3.12. The molecule has 1 aliphatic heterocycles. The Labute approximate surface area is 110 Å². The average Bonchev–Trinajstić information content (AvgIpc) is 2.77. The normalized spacial score (nSPS) is 21.3. The van der Waals surface area contributed by atoms with Crippen LogP contribution in [0.25, 0.3) is 0 Å². The van der Waals surface area contributed by atoms with E-state index in [4.69, 9.17) is 0 Å². The van der Waals surface area contributed by atoms with Crippen LogP contribution in [0, 0.1) is 0 Å². The Hall–Kier alpha value is -0.870. The molecule has 1 heterocycles. The Morgan fingerprint density at radius 1 is 1.39 bits per heavy atom. The smallest absolute Gasteiger partial charge is 0.175 e. The Kier molecular flexibility index (Phi) is 4.07. The monoisotopic (exact) mass is 267 g/mol. The molecule has 0 aliphatic carbocycles. The van der Waals surface area contributed by atoms with E-state index in [0.717, 1.165) is 31.6 Å². The second-order valence-electron chi connectivity index (χ2n) is 5.13. The summed E-state index contributed by atoms with van der Waals surface area (Å²) >= 11 is 0. The molecule has 100 valence electrons. The van der Waals surface area contributed by atoms with E-state index in [2.05, 4.69) is 17.9 Å². The van der Waals surface area contributed by atoms with Crippen molar-refractivity contribution in [2.24, 2.45) is 0 Å². The van der Waals surface area contributed by atoms with Gasteiger partial charge in [-0.05, 0) is 49.5 Å². The summed E-state index contributed by atoms with van der Waals surface area (Å²) in [6.45, 7) is 5.52. The highest BCUT2D eigenvalue weighted by molar-refractivity contribution is 7.90. The molecule has 1 atom stereocenters. The van der Waals surface area contributed by atoms with Gasteiger partial charge in [0.1, 0.15) is 0 Å². The molecule has 1 aliphatic rings. The second-order valence-corrected chi connectivity index (χ2v) is 7.15.